The molecule has 1 nitrogen and oxygen atoms in total. The molecule has 0 fully saturated rings. The molecule has 0 saturated carbocycles. The maximum absolute atomic E-state index is 0. The average Bonchev–Trinajstić information content (AvgIpc) is 0. The fourth-order valence-electron chi connectivity index (χ4n) is 0. The molecule has 0 aliphatic carbocycles. The van der Waals surface area contributed by atoms with Gasteiger partial charge in [-0.05, 0) is 0 Å². The normalized spacial score (nSPS) is 0. The Morgan fingerprint density at radius 3 is 1.25 bits per heavy atom. The summed E-state index contributed by atoms with van der Waals surface area (Å²) in [6, 6.07) is 0. The van der Waals surface area contributed by atoms with Crippen LogP contribution in [0.5, 0.6) is 0 Å². The molecule has 4 heavy (non-hydrogen) atoms. The molecule has 4 heteroatoms. The second-order valence-electron chi connectivity index (χ2n) is 0. The molecule has 0 aromatic rings. The Morgan fingerprint density at radius 2 is 1.25 bits per heavy atom. The molecule has 0 saturated heterocycles. The van der Waals surface area contributed by atoms with Crippen molar-refractivity contribution in [2.75, 3.05) is 0 Å². The average molecular weight is 348 g/mol. The van der Waals surface area contributed by atoms with Gasteiger partial charge in [0.1, 0.15) is 0 Å². The van der Waals surface area contributed by atoms with Gasteiger partial charge in [0.2, 0.25) is 0 Å². The third-order valence-corrected chi connectivity index (χ3v) is 0. The van der Waals surface area contributed by atoms with Crippen LogP contribution in [0, 0.1) is 0 Å². The van der Waals surface area contributed by atoms with E-state index in [1.165, 1.54) is 0 Å². The molecule has 0 bridgehead atoms. The largest absolute Gasteiger partial charge is 2.00 e. The summed E-state index contributed by atoms with van der Waals surface area (Å²) in [4.78, 5) is 0. The number of rotatable bonds is 0. The second kappa shape index (κ2) is 17.8. The maximum Gasteiger partial charge on any atom is 2.00 e. The Morgan fingerprint density at radius 1 is 1.25 bits per heavy atom. The molecule has 0 unspecified atom stereocenters. The van der Waals surface area contributed by atoms with Crippen molar-refractivity contribution in [1.29, 1.82) is 0 Å². The Kier molecular flexibility index (Phi) is 141. The van der Waals surface area contributed by atoms with Gasteiger partial charge in [-0.2, -0.15) is 0 Å². The number of hydrogen-bond donors (Lipinski definition) is 0. The molecule has 0 aromatic carbocycles. The van der Waals surface area contributed by atoms with Crippen molar-refractivity contribution in [3.63, 3.8) is 0 Å². The Labute approximate surface area is 82.6 Å². The minimum atomic E-state index is 0. The predicted molar refractivity (Wildman–Crippen MR) is 21.5 cm³/mol. The first-order chi connectivity index (χ1) is 0. The van der Waals surface area contributed by atoms with Gasteiger partial charge in [-0.1, -0.05) is 0 Å². The molecule has 0 aliphatic heterocycles. The third-order valence-electron chi connectivity index (χ3n) is 0. The summed E-state index contributed by atoms with van der Waals surface area (Å²) in [6.45, 7) is 0. The molecule has 0 aromatic heterocycles. The Hall–Kier alpha value is 2.49. The smallest absolute Gasteiger partial charge is 1.00 e. The van der Waals surface area contributed by atoms with Crippen molar-refractivity contribution in [2.45, 2.75) is 0 Å². The summed E-state index contributed by atoms with van der Waals surface area (Å²) < 4.78 is 0. The van der Waals surface area contributed by atoms with E-state index in [-0.39, 0.29) is 83.8 Å². The quantitative estimate of drug-likeness (QED) is 0.447. The molecule has 0 amide bonds. The van der Waals surface area contributed by atoms with Gasteiger partial charge in [0, 0.05) is 26.2 Å². The van der Waals surface area contributed by atoms with E-state index < -0.39 is 0 Å². The van der Waals surface area contributed by atoms with Crippen LogP contribution in [0.4, 0.5) is 0 Å². The summed E-state index contributed by atoms with van der Waals surface area (Å²) in [5, 5.41) is 0. The Bertz CT molecular complexity index is 13.5. The maximum atomic E-state index is 0. The van der Waals surface area contributed by atoms with Gasteiger partial charge in [-0.15, -0.1) is 0 Å². The van der Waals surface area contributed by atoms with E-state index in [1.54, 1.807) is 0 Å². The second-order valence-corrected chi connectivity index (χ2v) is 0. The van der Waals surface area contributed by atoms with E-state index in [0.717, 1.165) is 0 Å². The van der Waals surface area contributed by atoms with Crippen molar-refractivity contribution < 1.29 is 34.5 Å². The molecule has 0 atom stereocenters. The SMILES string of the molecule is O.[BiH3].[H-].[H-].[Mg+2].[Zr]. The first-order valence-electron chi connectivity index (χ1n) is 0. The molecule has 2 N–H and O–H groups in total. The van der Waals surface area contributed by atoms with Gasteiger partial charge in [-0.25, -0.2) is 0 Å². The molecule has 0 radical (unpaired) electrons. The van der Waals surface area contributed by atoms with Gasteiger partial charge < -0.3 is 8.33 Å². The number of hydrogen-bond acceptors (Lipinski definition) is 0. The fraction of sp³-hybridized carbons (Fsp3) is 0. The van der Waals surface area contributed by atoms with Crippen molar-refractivity contribution in [2.24, 2.45) is 0 Å². The minimum absolute atomic E-state index is 0. The summed E-state index contributed by atoms with van der Waals surface area (Å²) >= 11 is 0. The first-order valence-corrected chi connectivity index (χ1v) is 0. The van der Waals surface area contributed by atoms with Crippen molar-refractivity contribution in [1.82, 2.24) is 0 Å². The van der Waals surface area contributed by atoms with Gasteiger partial charge in [0.25, 0.3) is 0 Å². The van der Waals surface area contributed by atoms with Crippen LogP contribution < -0.4 is 0 Å². The predicted octanol–water partition coefficient (Wildman–Crippen LogP) is -2.17. The third kappa shape index (κ3) is 8.82. The molecule has 0 aliphatic rings. The van der Waals surface area contributed by atoms with Crippen LogP contribution in [0.15, 0.2) is 0 Å². The molecular formula is H7BiMgOZr. The van der Waals surface area contributed by atoms with E-state index in [2.05, 4.69) is 0 Å². The van der Waals surface area contributed by atoms with Crippen LogP contribution in [-0.4, -0.2) is 54.7 Å². The molecule has 0 rings (SSSR count). The van der Waals surface area contributed by atoms with Crippen LogP contribution >= 0.6 is 0 Å². The fourth-order valence-corrected chi connectivity index (χ4v) is 0. The zero-order valence-corrected chi connectivity index (χ0v) is 11.8. The summed E-state index contributed by atoms with van der Waals surface area (Å²) in [5.41, 5.74) is 0. The molecule has 24 valence electrons. The molecule has 0 heterocycles. The van der Waals surface area contributed by atoms with Crippen molar-refractivity contribution in [3.8, 4) is 0 Å². The van der Waals surface area contributed by atoms with Crippen LogP contribution in [0.3, 0.4) is 0 Å². The van der Waals surface area contributed by atoms with Crippen molar-refractivity contribution >= 4 is 49.3 Å². The summed E-state index contributed by atoms with van der Waals surface area (Å²) in [5.74, 6) is 0. The van der Waals surface area contributed by atoms with Crippen LogP contribution in [0.1, 0.15) is 2.85 Å². The van der Waals surface area contributed by atoms with Gasteiger partial charge in [0.05, 0.1) is 0 Å². The monoisotopic (exact) mass is 346 g/mol. The summed E-state index contributed by atoms with van der Waals surface area (Å²) in [6.07, 6.45) is 0. The van der Waals surface area contributed by atoms with E-state index in [9.17, 15) is 0 Å². The van der Waals surface area contributed by atoms with Crippen LogP contribution in [-0.2, 0) is 26.2 Å². The zero-order valence-electron chi connectivity index (χ0n) is 4.41. The van der Waals surface area contributed by atoms with Gasteiger partial charge >= 0.3 is 49.3 Å². The van der Waals surface area contributed by atoms with E-state index in [0.29, 0.717) is 0 Å². The van der Waals surface area contributed by atoms with Crippen LogP contribution in [0.25, 0.3) is 0 Å². The Balaban J connectivity index is 0. The summed E-state index contributed by atoms with van der Waals surface area (Å²) in [7, 11) is 0. The first kappa shape index (κ1) is 31.5. The van der Waals surface area contributed by atoms with Gasteiger partial charge in [0.15, 0.2) is 0 Å². The molecule has 0 spiro atoms. The molecular weight excluding hydrogens is 341 g/mol. The van der Waals surface area contributed by atoms with E-state index in [1.807, 2.05) is 0 Å². The van der Waals surface area contributed by atoms with E-state index >= 15 is 0 Å². The van der Waals surface area contributed by atoms with E-state index in [4.69, 9.17) is 0 Å². The topological polar surface area (TPSA) is 31.5 Å². The zero-order chi connectivity index (χ0) is 0. The minimum Gasteiger partial charge on any atom is -1.00 e. The van der Waals surface area contributed by atoms with Crippen molar-refractivity contribution in [3.05, 3.63) is 0 Å². The van der Waals surface area contributed by atoms with Gasteiger partial charge in [-0.3, -0.25) is 0 Å². The van der Waals surface area contributed by atoms with Crippen LogP contribution in [0.2, 0.25) is 0 Å². The standard InChI is InChI=1S/Bi.Mg.H2O.Zr.5H/h;;1H2;;;;;;/q;+2;;;;;;2*-1.